The average molecular weight is 904 g/mol. The molecule has 0 aliphatic carbocycles. The molecular formula is C34H43F6K2N6O11+. The standard InChI is InChI=1S/C16H19F3N2O3.C16H17F3N2O2.CH4N2O.CH2O3.2K.H2O2/c1-16(2,3)24-15(23)21-7-8(6-11(21)14(20)22)12-9(17)4-5-10(18)13(12)19;1-16(2,3)23-15(22)21-8-9(6-10(21)7-20)13-11(17)4-5-12(18)14(13)19;2*2-1(3)4;;;1-2/h4-5,8,11H,6-7H2,1-3H3,(H2,20,22);4-5,9-10H,6,8H2,1-3H3;(H4,2,3,4);(H2,2,3,4);;;1-2H/q;;;;2*+1;/p-1/t8-,11?;9-,10?;;;;;/m00...../s1. The molecule has 0 spiro atoms. The monoisotopic (exact) mass is 903 g/mol. The van der Waals surface area contributed by atoms with Crippen LogP contribution in [0, 0.1) is 46.2 Å². The second-order valence-electron chi connectivity index (χ2n) is 13.9. The fourth-order valence-corrected chi connectivity index (χ4v) is 5.36. The molecule has 2 aliphatic rings. The van der Waals surface area contributed by atoms with Gasteiger partial charge >= 0.3 is 121 Å². The van der Waals surface area contributed by atoms with E-state index < -0.39 is 111 Å². The van der Waals surface area contributed by atoms with Crippen molar-refractivity contribution in [3.8, 4) is 6.07 Å². The normalized spacial score (nSPS) is 17.7. The van der Waals surface area contributed by atoms with Crippen molar-refractivity contribution in [1.82, 2.24) is 9.80 Å². The molecule has 9 N–H and O–H groups in total. The van der Waals surface area contributed by atoms with E-state index in [0.29, 0.717) is 12.1 Å². The molecule has 4 rings (SSSR count). The Hall–Kier alpha value is -2.75. The predicted molar refractivity (Wildman–Crippen MR) is 183 cm³/mol. The van der Waals surface area contributed by atoms with Crippen molar-refractivity contribution >= 4 is 30.3 Å². The van der Waals surface area contributed by atoms with E-state index in [1.165, 1.54) is 0 Å². The van der Waals surface area contributed by atoms with E-state index in [1.807, 2.05) is 6.07 Å². The molecule has 318 valence electrons. The fourth-order valence-electron chi connectivity index (χ4n) is 5.36. The van der Waals surface area contributed by atoms with E-state index in [-0.39, 0.29) is 129 Å². The van der Waals surface area contributed by atoms with Gasteiger partial charge < -0.3 is 41.7 Å². The minimum atomic E-state index is -2.08. The topological polar surface area (TPSA) is 296 Å². The number of ether oxygens (including phenoxy) is 2. The Morgan fingerprint density at radius 1 is 0.712 bits per heavy atom. The zero-order valence-electron chi connectivity index (χ0n) is 33.4. The van der Waals surface area contributed by atoms with Gasteiger partial charge in [0.1, 0.15) is 34.9 Å². The van der Waals surface area contributed by atoms with Crippen LogP contribution in [0.2, 0.25) is 0 Å². The number of carbonyl (C=O) groups excluding carboxylic acids is 4. The number of rotatable bonds is 3. The van der Waals surface area contributed by atoms with Crippen molar-refractivity contribution in [3.63, 3.8) is 0 Å². The maximum absolute atomic E-state index is 14.0. The van der Waals surface area contributed by atoms with Crippen LogP contribution in [0.3, 0.4) is 0 Å². The van der Waals surface area contributed by atoms with Gasteiger partial charge in [-0.15, -0.1) is 0 Å². The Kier molecular flexibility index (Phi) is 28.0. The summed E-state index contributed by atoms with van der Waals surface area (Å²) >= 11 is 0. The van der Waals surface area contributed by atoms with Crippen molar-refractivity contribution < 1.29 is 183 Å². The molecule has 17 nitrogen and oxygen atoms in total. The van der Waals surface area contributed by atoms with Gasteiger partial charge in [-0.05, 0) is 78.6 Å². The summed E-state index contributed by atoms with van der Waals surface area (Å²) in [5.41, 5.74) is 11.3. The van der Waals surface area contributed by atoms with Crippen LogP contribution < -0.4 is 125 Å². The zero-order chi connectivity index (χ0) is 44.7. The van der Waals surface area contributed by atoms with Gasteiger partial charge in [0.25, 0.3) is 0 Å². The molecule has 0 radical (unpaired) electrons. The third-order valence-corrected chi connectivity index (χ3v) is 7.31. The zero-order valence-corrected chi connectivity index (χ0v) is 39.6. The van der Waals surface area contributed by atoms with Crippen LogP contribution in [0.25, 0.3) is 0 Å². The number of hydrogen-bond acceptors (Lipinski definition) is 11. The Morgan fingerprint density at radius 2 is 1.02 bits per heavy atom. The number of benzene rings is 2. The number of urea groups is 1. The molecule has 2 fully saturated rings. The average Bonchev–Trinajstić information content (AvgIpc) is 3.70. The van der Waals surface area contributed by atoms with Gasteiger partial charge in [-0.25, -0.2) is 40.7 Å². The van der Waals surface area contributed by atoms with Crippen LogP contribution >= 0.6 is 0 Å². The maximum atomic E-state index is 14.0. The summed E-state index contributed by atoms with van der Waals surface area (Å²) in [7, 11) is 0. The number of amides is 5. The van der Waals surface area contributed by atoms with Crippen LogP contribution in [-0.2, 0) is 14.3 Å². The van der Waals surface area contributed by atoms with E-state index in [2.05, 4.69) is 11.5 Å². The molecule has 2 heterocycles. The minimum Gasteiger partial charge on any atom is -0.565 e. The Labute approximate surface area is 419 Å². The first-order valence-corrected chi connectivity index (χ1v) is 16.2. The molecule has 0 aromatic heterocycles. The number of hydrogen-bond donors (Lipinski definition) is 6. The van der Waals surface area contributed by atoms with Gasteiger partial charge in [0.15, 0.2) is 23.3 Å². The molecular weight excluding hydrogens is 861 g/mol. The largest absolute Gasteiger partial charge is 1.00 e. The molecule has 59 heavy (non-hydrogen) atoms. The fraction of sp³-hybridized carbons (Fsp3) is 0.471. The van der Waals surface area contributed by atoms with Crippen LogP contribution in [0.15, 0.2) is 24.3 Å². The maximum Gasteiger partial charge on any atom is 1.00 e. The second-order valence-corrected chi connectivity index (χ2v) is 13.9. The Morgan fingerprint density at radius 3 is 1.34 bits per heavy atom. The van der Waals surface area contributed by atoms with Gasteiger partial charge in [0.05, 0.1) is 6.07 Å². The number of likely N-dealkylation sites (tertiary alicyclic amines) is 2. The summed E-state index contributed by atoms with van der Waals surface area (Å²) in [5, 5.41) is 36.5. The second kappa shape index (κ2) is 27.3. The van der Waals surface area contributed by atoms with Crippen LogP contribution in [-0.4, -0.2) is 92.1 Å². The van der Waals surface area contributed by atoms with E-state index in [0.717, 1.165) is 21.9 Å². The Balaban J connectivity index is -0.000000844. The van der Waals surface area contributed by atoms with E-state index in [4.69, 9.17) is 45.5 Å². The molecule has 0 saturated carbocycles. The van der Waals surface area contributed by atoms with Crippen LogP contribution in [0.5, 0.6) is 0 Å². The van der Waals surface area contributed by atoms with Gasteiger partial charge in [-0.2, -0.15) is 5.26 Å². The molecule has 2 aliphatic heterocycles. The summed E-state index contributed by atoms with van der Waals surface area (Å²) < 4.78 is 92.9. The van der Waals surface area contributed by atoms with Crippen LogP contribution in [0.4, 0.5) is 45.5 Å². The number of carboxylic acid groups (broad SMARTS) is 2. The van der Waals surface area contributed by atoms with Gasteiger partial charge in [0, 0.05) is 36.1 Å². The first-order chi connectivity index (χ1) is 26.1. The van der Waals surface area contributed by atoms with Crippen molar-refractivity contribution in [2.75, 3.05) is 13.1 Å². The number of halogens is 6. The van der Waals surface area contributed by atoms with E-state index in [1.54, 1.807) is 41.5 Å². The Bertz CT molecular complexity index is 1780. The summed E-state index contributed by atoms with van der Waals surface area (Å²) in [5.74, 6) is -9.31. The molecule has 2 saturated heterocycles. The van der Waals surface area contributed by atoms with Crippen LogP contribution in [0.1, 0.15) is 77.3 Å². The van der Waals surface area contributed by atoms with E-state index in [9.17, 15) is 46.0 Å². The van der Waals surface area contributed by atoms with Gasteiger partial charge in [0.2, 0.25) is 12.1 Å². The third kappa shape index (κ3) is 20.6. The van der Waals surface area contributed by atoms with Gasteiger partial charge in [-0.1, -0.05) is 0 Å². The summed E-state index contributed by atoms with van der Waals surface area (Å²) in [4.78, 5) is 55.6. The minimum absolute atomic E-state index is 0. The SMILES string of the molecule is CC(C)(C)OC(=O)N1C[C@@H](c2c(F)ccc(F)c2F)CC1C#N.CC(C)(C)OC(=O)N1C[C@@H](c2c(F)ccc(F)c2F)CC1C(N)=O.NC(N)=O.O=C([O-])O.OO.[K+].[K+]. The van der Waals surface area contributed by atoms with Crippen molar-refractivity contribution in [3.05, 3.63) is 70.3 Å². The number of carbonyl (C=O) groups is 5. The summed E-state index contributed by atoms with van der Waals surface area (Å²) in [6.45, 7) is 9.64. The molecule has 2 unspecified atom stereocenters. The van der Waals surface area contributed by atoms with Crippen molar-refractivity contribution in [1.29, 1.82) is 5.26 Å². The summed E-state index contributed by atoms with van der Waals surface area (Å²) in [6.07, 6.45) is -3.71. The number of nitrogens with two attached hydrogens (primary N) is 3. The third-order valence-electron chi connectivity index (χ3n) is 7.31. The molecule has 0 bridgehead atoms. The molecule has 2 aromatic rings. The summed E-state index contributed by atoms with van der Waals surface area (Å²) in [6, 6.07) is 2.17. The van der Waals surface area contributed by atoms with Crippen molar-refractivity contribution in [2.24, 2.45) is 17.2 Å². The molecule has 4 atom stereocenters. The number of nitrogens with zero attached hydrogens (tertiary/aromatic N) is 3. The molecule has 2 aromatic carbocycles. The predicted octanol–water partition coefficient (Wildman–Crippen LogP) is -1.66. The quantitative estimate of drug-likeness (QED) is 0.0664. The van der Waals surface area contributed by atoms with Gasteiger partial charge in [-0.3, -0.25) is 25.1 Å². The number of nitriles is 1. The smallest absolute Gasteiger partial charge is 0.565 e. The van der Waals surface area contributed by atoms with Crippen molar-refractivity contribution in [2.45, 2.75) is 89.5 Å². The first kappa shape index (κ1) is 60.6. The first-order valence-electron chi connectivity index (χ1n) is 16.2. The van der Waals surface area contributed by atoms with E-state index >= 15 is 0 Å². The number of primary amides is 3. The molecule has 5 amide bonds. The molecule has 25 heteroatoms.